The topological polar surface area (TPSA) is 86.8 Å². The quantitative estimate of drug-likeness (QED) is 0.268. The summed E-state index contributed by atoms with van der Waals surface area (Å²) in [6.07, 6.45) is 0.871. The second kappa shape index (κ2) is 14.5. The molecule has 4 rings (SSSR count). The van der Waals surface area contributed by atoms with Gasteiger partial charge < -0.3 is 10.2 Å². The molecule has 1 atom stereocenters. The van der Waals surface area contributed by atoms with Crippen LogP contribution in [-0.2, 0) is 38.8 Å². The minimum atomic E-state index is -4.72. The number of nitrogens with zero attached hydrogens (tertiary/aromatic N) is 2. The lowest BCUT2D eigenvalue weighted by atomic mass is 9.94. The van der Waals surface area contributed by atoms with E-state index in [2.05, 4.69) is 5.32 Å². The van der Waals surface area contributed by atoms with E-state index in [-0.39, 0.29) is 30.6 Å². The van der Waals surface area contributed by atoms with E-state index in [0.717, 1.165) is 56.1 Å². The average molecular weight is 650 g/mol. The Morgan fingerprint density at radius 3 is 2.23 bits per heavy atom. The van der Waals surface area contributed by atoms with Crippen LogP contribution in [0.25, 0.3) is 0 Å². The molecule has 0 aliphatic heterocycles. The molecular weight excluding hydrogens is 615 g/mol. The highest BCUT2D eigenvalue weighted by Gasteiger charge is 2.35. The van der Waals surface area contributed by atoms with Crippen molar-refractivity contribution in [1.82, 2.24) is 10.2 Å². The Morgan fingerprint density at radius 2 is 1.59 bits per heavy atom. The number of benzene rings is 3. The molecule has 1 aliphatic carbocycles. The molecule has 44 heavy (non-hydrogen) atoms. The number of halogens is 4. The maximum atomic E-state index is 14.2. The van der Waals surface area contributed by atoms with Crippen LogP contribution < -0.4 is 9.62 Å². The molecule has 1 N–H and O–H groups in total. The molecule has 236 valence electrons. The fraction of sp³-hybridized carbons (Fsp3) is 0.375. The Labute approximate surface area is 261 Å². The van der Waals surface area contributed by atoms with Crippen LogP contribution in [-0.4, -0.2) is 50.0 Å². The molecule has 7 nitrogen and oxygen atoms in total. The molecule has 0 saturated heterocycles. The van der Waals surface area contributed by atoms with E-state index in [4.69, 9.17) is 11.6 Å². The number of hydrogen-bond acceptors (Lipinski definition) is 4. The van der Waals surface area contributed by atoms with Gasteiger partial charge >= 0.3 is 6.18 Å². The monoisotopic (exact) mass is 649 g/mol. The highest BCUT2D eigenvalue weighted by atomic mass is 35.5. The molecular formula is C32H35ClF3N3O4S. The van der Waals surface area contributed by atoms with Gasteiger partial charge in [0.15, 0.2) is 0 Å². The summed E-state index contributed by atoms with van der Waals surface area (Å²) in [6, 6.07) is 18.5. The van der Waals surface area contributed by atoms with Crippen molar-refractivity contribution in [1.29, 1.82) is 0 Å². The third-order valence-corrected chi connectivity index (χ3v) is 8.98. The van der Waals surface area contributed by atoms with Gasteiger partial charge in [-0.05, 0) is 54.3 Å². The van der Waals surface area contributed by atoms with Gasteiger partial charge in [0.25, 0.3) is 0 Å². The summed E-state index contributed by atoms with van der Waals surface area (Å²) in [4.78, 5) is 29.4. The van der Waals surface area contributed by atoms with E-state index < -0.39 is 40.3 Å². The molecule has 0 aromatic heterocycles. The predicted molar refractivity (Wildman–Crippen MR) is 165 cm³/mol. The molecule has 1 fully saturated rings. The zero-order valence-corrected chi connectivity index (χ0v) is 25.8. The summed E-state index contributed by atoms with van der Waals surface area (Å²) < 4.78 is 66.9. The van der Waals surface area contributed by atoms with Gasteiger partial charge in [0.2, 0.25) is 21.8 Å². The molecule has 1 aliphatic rings. The van der Waals surface area contributed by atoms with Gasteiger partial charge in [0.05, 0.1) is 17.5 Å². The first kappa shape index (κ1) is 33.3. The molecule has 0 bridgehead atoms. The molecule has 3 aromatic carbocycles. The van der Waals surface area contributed by atoms with E-state index in [9.17, 15) is 31.2 Å². The number of amides is 2. The summed E-state index contributed by atoms with van der Waals surface area (Å²) >= 11 is 6.22. The van der Waals surface area contributed by atoms with E-state index >= 15 is 0 Å². The molecule has 2 amide bonds. The fourth-order valence-electron chi connectivity index (χ4n) is 5.38. The van der Waals surface area contributed by atoms with Crippen molar-refractivity contribution in [2.75, 3.05) is 17.1 Å². The van der Waals surface area contributed by atoms with Gasteiger partial charge in [-0.2, -0.15) is 13.2 Å². The van der Waals surface area contributed by atoms with E-state index in [1.807, 2.05) is 30.3 Å². The standard InChI is InChI=1S/C32H35ClF3N3O4S/c1-44(42,43)39(28-17-9-13-25(20-28)32(34,35)36)22-30(40)38(21-24-12-8-14-26(33)18-24)29(19-23-10-4-2-5-11-23)31(41)37-27-15-6-3-7-16-27/h2,4-5,8-14,17-18,20,27,29H,3,6-7,15-16,19,21-22H2,1H3,(H,37,41)/t29-/m0/s1. The van der Waals surface area contributed by atoms with Crippen LogP contribution in [0.1, 0.15) is 48.8 Å². The Hall–Kier alpha value is -3.57. The first-order chi connectivity index (χ1) is 20.8. The maximum Gasteiger partial charge on any atom is 0.416 e. The minimum Gasteiger partial charge on any atom is -0.352 e. The Bertz CT molecular complexity index is 1550. The van der Waals surface area contributed by atoms with Crippen LogP contribution >= 0.6 is 11.6 Å². The van der Waals surface area contributed by atoms with E-state index in [0.29, 0.717) is 21.0 Å². The van der Waals surface area contributed by atoms with Gasteiger partial charge in [0.1, 0.15) is 12.6 Å². The van der Waals surface area contributed by atoms with Crippen LogP contribution in [0.5, 0.6) is 0 Å². The summed E-state index contributed by atoms with van der Waals surface area (Å²) in [6.45, 7) is -0.905. The van der Waals surface area contributed by atoms with Crippen molar-refractivity contribution in [3.8, 4) is 0 Å². The molecule has 0 spiro atoms. The lowest BCUT2D eigenvalue weighted by Gasteiger charge is -2.35. The first-order valence-electron chi connectivity index (χ1n) is 14.3. The maximum absolute atomic E-state index is 14.2. The van der Waals surface area contributed by atoms with Gasteiger partial charge in [-0.15, -0.1) is 0 Å². The zero-order valence-electron chi connectivity index (χ0n) is 24.3. The number of rotatable bonds is 11. The number of carbonyl (C=O) groups excluding carboxylic acids is 2. The number of anilines is 1. The summed E-state index contributed by atoms with van der Waals surface area (Å²) in [7, 11) is -4.22. The highest BCUT2D eigenvalue weighted by Crippen LogP contribution is 2.32. The Morgan fingerprint density at radius 1 is 0.932 bits per heavy atom. The van der Waals surface area contributed by atoms with Crippen molar-refractivity contribution < 1.29 is 31.2 Å². The summed E-state index contributed by atoms with van der Waals surface area (Å²) in [5.41, 5.74) is 0.00253. The van der Waals surface area contributed by atoms with Crippen LogP contribution in [0.4, 0.5) is 18.9 Å². The Kier molecular flexibility index (Phi) is 11.0. The van der Waals surface area contributed by atoms with Crippen LogP contribution in [0.15, 0.2) is 78.9 Å². The highest BCUT2D eigenvalue weighted by molar-refractivity contribution is 7.92. The largest absolute Gasteiger partial charge is 0.416 e. The zero-order chi connectivity index (χ0) is 31.9. The van der Waals surface area contributed by atoms with Gasteiger partial charge in [-0.25, -0.2) is 8.42 Å². The molecule has 0 unspecified atom stereocenters. The lowest BCUT2D eigenvalue weighted by molar-refractivity contribution is -0.140. The predicted octanol–water partition coefficient (Wildman–Crippen LogP) is 6.21. The molecule has 12 heteroatoms. The van der Waals surface area contributed by atoms with Crippen molar-refractivity contribution in [3.05, 3.63) is 101 Å². The van der Waals surface area contributed by atoms with E-state index in [1.165, 1.54) is 11.0 Å². The van der Waals surface area contributed by atoms with Gasteiger partial charge in [0, 0.05) is 24.0 Å². The molecule has 1 saturated carbocycles. The Balaban J connectivity index is 1.74. The van der Waals surface area contributed by atoms with Crippen molar-refractivity contribution in [2.24, 2.45) is 0 Å². The summed E-state index contributed by atoms with van der Waals surface area (Å²) in [5, 5.41) is 3.50. The first-order valence-corrected chi connectivity index (χ1v) is 16.6. The number of hydrogen-bond donors (Lipinski definition) is 1. The van der Waals surface area contributed by atoms with E-state index in [1.54, 1.807) is 24.3 Å². The summed E-state index contributed by atoms with van der Waals surface area (Å²) in [5.74, 6) is -1.14. The van der Waals surface area contributed by atoms with Crippen molar-refractivity contribution >= 4 is 39.1 Å². The average Bonchev–Trinajstić information content (AvgIpc) is 2.97. The number of sulfonamides is 1. The van der Waals surface area contributed by atoms with Crippen molar-refractivity contribution in [2.45, 2.75) is 63.3 Å². The molecule has 0 heterocycles. The number of alkyl halides is 3. The lowest BCUT2D eigenvalue weighted by Crippen LogP contribution is -2.55. The second-order valence-electron chi connectivity index (χ2n) is 11.0. The second-order valence-corrected chi connectivity index (χ2v) is 13.4. The van der Waals surface area contributed by atoms with Crippen LogP contribution in [0, 0.1) is 0 Å². The van der Waals surface area contributed by atoms with Gasteiger partial charge in [-0.3, -0.25) is 13.9 Å². The third kappa shape index (κ3) is 9.22. The van der Waals surface area contributed by atoms with Crippen molar-refractivity contribution in [3.63, 3.8) is 0 Å². The minimum absolute atomic E-state index is 0.0599. The number of carbonyl (C=O) groups is 2. The van der Waals surface area contributed by atoms with Gasteiger partial charge in [-0.1, -0.05) is 79.4 Å². The smallest absolute Gasteiger partial charge is 0.352 e. The molecule has 0 radical (unpaired) electrons. The van der Waals surface area contributed by atoms with Crippen LogP contribution in [0.2, 0.25) is 5.02 Å². The fourth-order valence-corrected chi connectivity index (χ4v) is 6.44. The van der Waals surface area contributed by atoms with Crippen LogP contribution in [0.3, 0.4) is 0 Å². The SMILES string of the molecule is CS(=O)(=O)N(CC(=O)N(Cc1cccc(Cl)c1)[C@@H](Cc1ccccc1)C(=O)NC1CCCCC1)c1cccc(C(F)(F)F)c1. The number of nitrogens with one attached hydrogen (secondary N) is 1. The third-order valence-electron chi connectivity index (χ3n) is 7.61. The normalized spacial score (nSPS) is 14.9. The molecule has 3 aromatic rings.